The maximum atomic E-state index is 12.4. The van der Waals surface area contributed by atoms with Gasteiger partial charge in [0.05, 0.1) is 22.8 Å². The molecule has 2 N–H and O–H groups in total. The number of nitrogens with one attached hydrogen (secondary N) is 2. The van der Waals surface area contributed by atoms with E-state index in [1.807, 2.05) is 0 Å². The third-order valence-corrected chi connectivity index (χ3v) is 5.98. The van der Waals surface area contributed by atoms with Gasteiger partial charge in [0.25, 0.3) is 5.91 Å². The van der Waals surface area contributed by atoms with Crippen LogP contribution >= 0.6 is 15.9 Å². The normalized spacial score (nSPS) is 11.0. The molecule has 0 fully saturated rings. The van der Waals surface area contributed by atoms with Crippen molar-refractivity contribution in [3.63, 3.8) is 0 Å². The summed E-state index contributed by atoms with van der Waals surface area (Å²) < 4.78 is 25.5. The third-order valence-electron chi connectivity index (χ3n) is 3.48. The molecule has 0 aliphatic rings. The van der Waals surface area contributed by atoms with E-state index in [1.165, 1.54) is 12.1 Å². The summed E-state index contributed by atoms with van der Waals surface area (Å²) in [5.74, 6) is -1.05. The fraction of sp³-hybridized carbons (Fsp3) is 0.222. The fourth-order valence-corrected chi connectivity index (χ4v) is 4.10. The lowest BCUT2D eigenvalue weighted by Crippen LogP contribution is -2.33. The molecule has 0 aliphatic heterocycles. The number of amides is 2. The van der Waals surface area contributed by atoms with Crippen LogP contribution in [0.5, 0.6) is 0 Å². The monoisotopic (exact) mass is 438 g/mol. The molecule has 0 saturated heterocycles. The van der Waals surface area contributed by atoms with Crippen molar-refractivity contribution >= 4 is 43.3 Å². The summed E-state index contributed by atoms with van der Waals surface area (Å²) in [5, 5.41) is 5.11. The SMILES string of the molecule is CCCS(=O)(=O)c1ccccc1C(=O)NCC(=O)Nc1ccc(Br)cc1. The minimum atomic E-state index is -3.54. The highest BCUT2D eigenvalue weighted by Gasteiger charge is 2.21. The summed E-state index contributed by atoms with van der Waals surface area (Å²) in [4.78, 5) is 24.3. The molecule has 0 aromatic heterocycles. The Labute approximate surface area is 161 Å². The second kappa shape index (κ2) is 8.95. The summed E-state index contributed by atoms with van der Waals surface area (Å²) in [7, 11) is -3.54. The van der Waals surface area contributed by atoms with Crippen LogP contribution in [0.15, 0.2) is 57.9 Å². The minimum Gasteiger partial charge on any atom is -0.343 e. The molecular formula is C18H19BrN2O4S. The van der Waals surface area contributed by atoms with Crippen molar-refractivity contribution < 1.29 is 18.0 Å². The number of benzene rings is 2. The lowest BCUT2D eigenvalue weighted by Gasteiger charge is -2.11. The first-order chi connectivity index (χ1) is 12.3. The van der Waals surface area contributed by atoms with Gasteiger partial charge in [-0.2, -0.15) is 0 Å². The first-order valence-electron chi connectivity index (χ1n) is 7.99. The van der Waals surface area contributed by atoms with Gasteiger partial charge >= 0.3 is 0 Å². The Bertz CT molecular complexity index is 896. The summed E-state index contributed by atoms with van der Waals surface area (Å²) in [6, 6.07) is 13.0. The number of carbonyl (C=O) groups excluding carboxylic acids is 2. The van der Waals surface area contributed by atoms with Crippen molar-refractivity contribution in [1.29, 1.82) is 0 Å². The standard InChI is InChI=1S/C18H19BrN2O4S/c1-2-11-26(24,25)16-6-4-3-5-15(16)18(23)20-12-17(22)21-14-9-7-13(19)8-10-14/h3-10H,2,11-12H2,1H3,(H,20,23)(H,21,22). The van der Waals surface area contributed by atoms with E-state index >= 15 is 0 Å². The molecule has 6 nitrogen and oxygen atoms in total. The van der Waals surface area contributed by atoms with Crippen LogP contribution in [-0.2, 0) is 14.6 Å². The molecule has 0 atom stereocenters. The Morgan fingerprint density at radius 1 is 1.04 bits per heavy atom. The zero-order valence-corrected chi connectivity index (χ0v) is 16.6. The van der Waals surface area contributed by atoms with Gasteiger partial charge in [0.1, 0.15) is 0 Å². The Morgan fingerprint density at radius 2 is 1.69 bits per heavy atom. The van der Waals surface area contributed by atoms with Crippen molar-refractivity contribution in [3.8, 4) is 0 Å². The molecule has 0 saturated carbocycles. The molecule has 8 heteroatoms. The van der Waals surface area contributed by atoms with E-state index < -0.39 is 21.7 Å². The predicted octanol–water partition coefficient (Wildman–Crippen LogP) is 3.00. The van der Waals surface area contributed by atoms with Crippen molar-refractivity contribution in [3.05, 3.63) is 58.6 Å². The van der Waals surface area contributed by atoms with Gasteiger partial charge in [0.15, 0.2) is 9.84 Å². The number of halogens is 1. The molecular weight excluding hydrogens is 420 g/mol. The fourth-order valence-electron chi connectivity index (χ4n) is 2.30. The first-order valence-corrected chi connectivity index (χ1v) is 10.4. The van der Waals surface area contributed by atoms with Gasteiger partial charge in [0, 0.05) is 10.2 Å². The maximum Gasteiger partial charge on any atom is 0.253 e. The smallest absolute Gasteiger partial charge is 0.253 e. The van der Waals surface area contributed by atoms with E-state index in [9.17, 15) is 18.0 Å². The molecule has 26 heavy (non-hydrogen) atoms. The van der Waals surface area contributed by atoms with Crippen LogP contribution in [0.2, 0.25) is 0 Å². The number of anilines is 1. The van der Waals surface area contributed by atoms with Gasteiger partial charge < -0.3 is 10.6 Å². The van der Waals surface area contributed by atoms with E-state index in [4.69, 9.17) is 0 Å². The Balaban J connectivity index is 2.04. The summed E-state index contributed by atoms with van der Waals surface area (Å²) in [6.45, 7) is 1.49. The van der Waals surface area contributed by atoms with E-state index in [0.29, 0.717) is 12.1 Å². The summed E-state index contributed by atoms with van der Waals surface area (Å²) in [6.07, 6.45) is 0.452. The van der Waals surface area contributed by atoms with E-state index in [2.05, 4.69) is 26.6 Å². The van der Waals surface area contributed by atoms with Crippen LogP contribution in [-0.4, -0.2) is 32.5 Å². The third kappa shape index (κ3) is 5.40. The van der Waals surface area contributed by atoms with E-state index in [1.54, 1.807) is 43.3 Å². The highest BCUT2D eigenvalue weighted by molar-refractivity contribution is 9.10. The number of hydrogen-bond donors (Lipinski definition) is 2. The number of carbonyl (C=O) groups is 2. The van der Waals surface area contributed by atoms with Gasteiger partial charge in [-0.25, -0.2) is 8.42 Å². The topological polar surface area (TPSA) is 92.3 Å². The average Bonchev–Trinajstić information content (AvgIpc) is 2.61. The zero-order valence-electron chi connectivity index (χ0n) is 14.2. The minimum absolute atomic E-state index is 0.0207. The van der Waals surface area contributed by atoms with Crippen LogP contribution < -0.4 is 10.6 Å². The number of hydrogen-bond acceptors (Lipinski definition) is 4. The summed E-state index contributed by atoms with van der Waals surface area (Å²) in [5.41, 5.74) is 0.635. The van der Waals surface area contributed by atoms with Gasteiger partial charge in [-0.1, -0.05) is 35.0 Å². The molecule has 0 aliphatic carbocycles. The van der Waals surface area contributed by atoms with Crippen LogP contribution in [0.4, 0.5) is 5.69 Å². The van der Waals surface area contributed by atoms with E-state index in [-0.39, 0.29) is 22.8 Å². The van der Waals surface area contributed by atoms with Crippen LogP contribution in [0, 0.1) is 0 Å². The van der Waals surface area contributed by atoms with Crippen LogP contribution in [0.3, 0.4) is 0 Å². The Hall–Kier alpha value is -2.19. The van der Waals surface area contributed by atoms with Gasteiger partial charge in [-0.15, -0.1) is 0 Å². The zero-order chi connectivity index (χ0) is 19.2. The Kier molecular flexibility index (Phi) is 6.93. The van der Waals surface area contributed by atoms with Gasteiger partial charge in [0.2, 0.25) is 5.91 Å². The molecule has 0 radical (unpaired) electrons. The maximum absolute atomic E-state index is 12.4. The molecule has 2 amide bonds. The van der Waals surface area contributed by atoms with Crippen molar-refractivity contribution in [2.24, 2.45) is 0 Å². The number of rotatable bonds is 7. The number of sulfone groups is 1. The molecule has 0 unspecified atom stereocenters. The molecule has 2 rings (SSSR count). The van der Waals surface area contributed by atoms with Crippen LogP contribution in [0.1, 0.15) is 23.7 Å². The molecule has 0 bridgehead atoms. The highest BCUT2D eigenvalue weighted by atomic mass is 79.9. The Morgan fingerprint density at radius 3 is 2.35 bits per heavy atom. The lowest BCUT2D eigenvalue weighted by atomic mass is 10.2. The van der Waals surface area contributed by atoms with Gasteiger partial charge in [-0.05, 0) is 42.8 Å². The molecule has 0 spiro atoms. The first kappa shape index (κ1) is 20.1. The van der Waals surface area contributed by atoms with Crippen molar-refractivity contribution in [1.82, 2.24) is 5.32 Å². The quantitative estimate of drug-likeness (QED) is 0.694. The molecule has 0 heterocycles. The van der Waals surface area contributed by atoms with Crippen molar-refractivity contribution in [2.75, 3.05) is 17.6 Å². The lowest BCUT2D eigenvalue weighted by molar-refractivity contribution is -0.115. The van der Waals surface area contributed by atoms with E-state index in [0.717, 1.165) is 4.47 Å². The largest absolute Gasteiger partial charge is 0.343 e. The summed E-state index contributed by atoms with van der Waals surface area (Å²) >= 11 is 3.30. The second-order valence-electron chi connectivity index (χ2n) is 5.55. The predicted molar refractivity (Wildman–Crippen MR) is 104 cm³/mol. The molecule has 2 aromatic carbocycles. The molecule has 138 valence electrons. The van der Waals surface area contributed by atoms with Gasteiger partial charge in [-0.3, -0.25) is 9.59 Å². The van der Waals surface area contributed by atoms with Crippen molar-refractivity contribution in [2.45, 2.75) is 18.2 Å². The average molecular weight is 439 g/mol. The van der Waals surface area contributed by atoms with Crippen LogP contribution in [0.25, 0.3) is 0 Å². The highest BCUT2D eigenvalue weighted by Crippen LogP contribution is 2.18. The second-order valence-corrected chi connectivity index (χ2v) is 8.55. The molecule has 2 aromatic rings.